The van der Waals surface area contributed by atoms with Crippen molar-refractivity contribution >= 4 is 19.2 Å². The van der Waals surface area contributed by atoms with Crippen molar-refractivity contribution < 1.29 is 0 Å². The Bertz CT molecular complexity index is 638. The fourth-order valence-electron chi connectivity index (χ4n) is 3.10. The monoisotopic (exact) mass is 290 g/mol. The number of benzene rings is 2. The maximum Gasteiger partial charge on any atom is 0.126 e. The average molecular weight is 290 g/mol. The lowest BCUT2D eigenvalue weighted by Gasteiger charge is -2.15. The predicted octanol–water partition coefficient (Wildman–Crippen LogP) is 4.41. The first-order valence-electron chi connectivity index (χ1n) is 7.91. The first kappa shape index (κ1) is 14.1. The molecule has 1 aliphatic rings. The van der Waals surface area contributed by atoms with Crippen LogP contribution in [0.5, 0.6) is 0 Å². The summed E-state index contributed by atoms with van der Waals surface area (Å²) in [4.78, 5) is 0. The van der Waals surface area contributed by atoms with Gasteiger partial charge < -0.3 is 0 Å². The summed E-state index contributed by atoms with van der Waals surface area (Å²) in [6.45, 7) is 2.27. The van der Waals surface area contributed by atoms with E-state index < -0.39 is 8.80 Å². The van der Waals surface area contributed by atoms with Gasteiger partial charge in [-0.05, 0) is 29.2 Å². The highest BCUT2D eigenvalue weighted by atomic mass is 28.3. The minimum atomic E-state index is -1.18. The topological polar surface area (TPSA) is 0 Å². The SMILES string of the molecule is CCCCC1=C(c2ccccc2)[SiH](c2ccccc2)C=C1. The van der Waals surface area contributed by atoms with Crippen LogP contribution in [0.3, 0.4) is 0 Å². The van der Waals surface area contributed by atoms with Crippen LogP contribution in [0.25, 0.3) is 5.20 Å². The van der Waals surface area contributed by atoms with Gasteiger partial charge in [0.15, 0.2) is 0 Å². The standard InChI is InChI=1S/C20H22Si/c1-2-3-10-18-15-16-21(19-13-8-5-9-14-19)20(18)17-11-6-4-7-12-17/h4-9,11-16,21H,2-3,10H2,1H3. The van der Waals surface area contributed by atoms with E-state index in [0.717, 1.165) is 0 Å². The van der Waals surface area contributed by atoms with Crippen LogP contribution >= 0.6 is 0 Å². The number of hydrogen-bond donors (Lipinski definition) is 0. The van der Waals surface area contributed by atoms with E-state index in [2.05, 4.69) is 79.4 Å². The van der Waals surface area contributed by atoms with Gasteiger partial charge >= 0.3 is 0 Å². The molecule has 0 saturated heterocycles. The zero-order chi connectivity index (χ0) is 14.5. The zero-order valence-electron chi connectivity index (χ0n) is 12.6. The van der Waals surface area contributed by atoms with Crippen LogP contribution in [0.15, 0.2) is 78.0 Å². The Morgan fingerprint density at radius 2 is 1.52 bits per heavy atom. The first-order valence-corrected chi connectivity index (χ1v) is 9.74. The van der Waals surface area contributed by atoms with E-state index >= 15 is 0 Å². The average Bonchev–Trinajstić information content (AvgIpc) is 2.98. The lowest BCUT2D eigenvalue weighted by atomic mass is 10.1. The van der Waals surface area contributed by atoms with E-state index in [9.17, 15) is 0 Å². The van der Waals surface area contributed by atoms with Crippen LogP contribution in [0.2, 0.25) is 0 Å². The second-order valence-corrected chi connectivity index (χ2v) is 8.24. The van der Waals surface area contributed by atoms with Crippen molar-refractivity contribution in [1.29, 1.82) is 0 Å². The molecule has 0 N–H and O–H groups in total. The van der Waals surface area contributed by atoms with Gasteiger partial charge in [0, 0.05) is 0 Å². The Hall–Kier alpha value is -1.86. The van der Waals surface area contributed by atoms with Gasteiger partial charge in [0.25, 0.3) is 0 Å². The molecule has 0 spiro atoms. The molecule has 21 heavy (non-hydrogen) atoms. The van der Waals surface area contributed by atoms with Gasteiger partial charge in [-0.15, -0.1) is 0 Å². The lowest BCUT2D eigenvalue weighted by molar-refractivity contribution is 0.800. The van der Waals surface area contributed by atoms with Gasteiger partial charge in [-0.1, -0.05) is 91.0 Å². The Morgan fingerprint density at radius 1 is 0.857 bits per heavy atom. The molecule has 3 rings (SSSR count). The fraction of sp³-hybridized carbons (Fsp3) is 0.200. The molecule has 0 amide bonds. The summed E-state index contributed by atoms with van der Waals surface area (Å²) in [5, 5.41) is 3.16. The molecule has 2 aromatic carbocycles. The van der Waals surface area contributed by atoms with Crippen LogP contribution in [0.4, 0.5) is 0 Å². The Kier molecular flexibility index (Phi) is 4.51. The minimum absolute atomic E-state index is 1.18. The van der Waals surface area contributed by atoms with Crippen LogP contribution in [-0.4, -0.2) is 8.80 Å². The van der Waals surface area contributed by atoms with Gasteiger partial charge in [0.1, 0.15) is 8.80 Å². The van der Waals surface area contributed by atoms with E-state index in [1.165, 1.54) is 30.0 Å². The second kappa shape index (κ2) is 6.73. The minimum Gasteiger partial charge on any atom is -0.0885 e. The summed E-state index contributed by atoms with van der Waals surface area (Å²) in [5.41, 5.74) is 5.50. The van der Waals surface area contributed by atoms with Crippen molar-refractivity contribution in [2.75, 3.05) is 0 Å². The van der Waals surface area contributed by atoms with Crippen molar-refractivity contribution in [2.45, 2.75) is 26.2 Å². The summed E-state index contributed by atoms with van der Waals surface area (Å²) in [7, 11) is -1.18. The summed E-state index contributed by atoms with van der Waals surface area (Å²) < 4.78 is 0. The molecule has 0 radical (unpaired) electrons. The molecule has 1 atom stereocenters. The molecule has 1 heterocycles. The van der Waals surface area contributed by atoms with Gasteiger partial charge in [0.05, 0.1) is 0 Å². The number of rotatable bonds is 5. The first-order chi connectivity index (χ1) is 10.4. The molecule has 0 saturated carbocycles. The van der Waals surface area contributed by atoms with E-state index in [1.54, 1.807) is 10.8 Å². The molecule has 0 fully saturated rings. The molecule has 0 aliphatic carbocycles. The summed E-state index contributed by atoms with van der Waals surface area (Å²) >= 11 is 0. The van der Waals surface area contributed by atoms with Crippen LogP contribution in [0, 0.1) is 0 Å². The van der Waals surface area contributed by atoms with Crippen molar-refractivity contribution in [1.82, 2.24) is 0 Å². The van der Waals surface area contributed by atoms with E-state index in [1.807, 2.05) is 0 Å². The molecular formula is C20H22Si. The number of allylic oxidation sites excluding steroid dienone is 2. The summed E-state index contributed by atoms with van der Waals surface area (Å²) in [5.74, 6) is 0. The highest BCUT2D eigenvalue weighted by molar-refractivity contribution is 6.94. The predicted molar refractivity (Wildman–Crippen MR) is 95.3 cm³/mol. The van der Waals surface area contributed by atoms with Crippen molar-refractivity contribution in [3.05, 3.63) is 83.6 Å². The summed E-state index contributed by atoms with van der Waals surface area (Å²) in [6, 6.07) is 22.0. The third-order valence-electron chi connectivity index (χ3n) is 4.19. The van der Waals surface area contributed by atoms with Crippen LogP contribution in [-0.2, 0) is 0 Å². The molecule has 106 valence electrons. The second-order valence-electron chi connectivity index (χ2n) is 5.66. The normalized spacial score (nSPS) is 17.5. The molecule has 0 aromatic heterocycles. The summed E-state index contributed by atoms with van der Waals surface area (Å²) in [6.07, 6.45) is 6.17. The van der Waals surface area contributed by atoms with Gasteiger partial charge in [-0.25, -0.2) is 0 Å². The molecule has 1 heteroatoms. The highest BCUT2D eigenvalue weighted by Gasteiger charge is 2.24. The maximum atomic E-state index is 2.50. The third-order valence-corrected chi connectivity index (χ3v) is 7.20. The smallest absolute Gasteiger partial charge is 0.0885 e. The molecule has 2 aromatic rings. The molecular weight excluding hydrogens is 268 g/mol. The zero-order valence-corrected chi connectivity index (χ0v) is 13.8. The van der Waals surface area contributed by atoms with Gasteiger partial charge in [-0.2, -0.15) is 0 Å². The van der Waals surface area contributed by atoms with E-state index in [4.69, 9.17) is 0 Å². The number of hydrogen-bond acceptors (Lipinski definition) is 0. The third kappa shape index (κ3) is 3.08. The fourth-order valence-corrected chi connectivity index (χ4v) is 6.11. The Balaban J connectivity index is 2.01. The van der Waals surface area contributed by atoms with Crippen LogP contribution in [0.1, 0.15) is 31.7 Å². The van der Waals surface area contributed by atoms with Crippen molar-refractivity contribution in [3.63, 3.8) is 0 Å². The molecule has 0 nitrogen and oxygen atoms in total. The van der Waals surface area contributed by atoms with E-state index in [0.29, 0.717) is 0 Å². The molecule has 1 unspecified atom stereocenters. The maximum absolute atomic E-state index is 2.50. The van der Waals surface area contributed by atoms with Gasteiger partial charge in [-0.3, -0.25) is 0 Å². The molecule has 1 aliphatic heterocycles. The Labute approximate surface area is 129 Å². The Morgan fingerprint density at radius 3 is 2.19 bits per heavy atom. The quantitative estimate of drug-likeness (QED) is 0.715. The van der Waals surface area contributed by atoms with Gasteiger partial charge in [0.2, 0.25) is 0 Å². The van der Waals surface area contributed by atoms with E-state index in [-0.39, 0.29) is 0 Å². The highest BCUT2D eigenvalue weighted by Crippen LogP contribution is 2.31. The lowest BCUT2D eigenvalue weighted by Crippen LogP contribution is -2.28. The van der Waals surface area contributed by atoms with Crippen molar-refractivity contribution in [2.24, 2.45) is 0 Å². The number of unbranched alkanes of at least 4 members (excludes halogenated alkanes) is 1. The molecule has 0 bridgehead atoms. The van der Waals surface area contributed by atoms with Crippen molar-refractivity contribution in [3.8, 4) is 0 Å². The van der Waals surface area contributed by atoms with Crippen LogP contribution < -0.4 is 5.19 Å². The largest absolute Gasteiger partial charge is 0.126 e.